The molecule has 0 saturated heterocycles. The minimum absolute atomic E-state index is 0.241. The molecule has 1 nitrogen and oxygen atoms in total. The Balaban J connectivity index is 2.76. The van der Waals surface area contributed by atoms with Crippen molar-refractivity contribution in [1.82, 2.24) is 0 Å². The number of hydrogen-bond acceptors (Lipinski definition) is 1. The molecule has 0 amide bonds. The largest absolute Gasteiger partial charge is 0.544 e. The van der Waals surface area contributed by atoms with E-state index >= 15 is 0 Å². The van der Waals surface area contributed by atoms with Crippen LogP contribution in [0.1, 0.15) is 5.56 Å². The summed E-state index contributed by atoms with van der Waals surface area (Å²) >= 11 is 0. The number of benzene rings is 1. The third kappa shape index (κ3) is 3.34. The highest BCUT2D eigenvalue weighted by Crippen LogP contribution is 2.19. The molecule has 0 aliphatic heterocycles. The van der Waals surface area contributed by atoms with Crippen molar-refractivity contribution in [2.24, 2.45) is 0 Å². The second-order valence-corrected chi connectivity index (χ2v) is 8.57. The van der Waals surface area contributed by atoms with Crippen molar-refractivity contribution >= 4 is 14.1 Å². The van der Waals surface area contributed by atoms with E-state index in [1.807, 2.05) is 0 Å². The zero-order chi connectivity index (χ0) is 10.8. The summed E-state index contributed by atoms with van der Waals surface area (Å²) < 4.78 is 18.3. The Bertz CT molecular complexity index is 324. The third-order valence-corrected chi connectivity index (χ3v) is 2.45. The molecule has 3 heteroatoms. The molecule has 1 rings (SSSR count). The van der Waals surface area contributed by atoms with Crippen LogP contribution < -0.4 is 0 Å². The first-order chi connectivity index (χ1) is 6.38. The number of rotatable bonds is 3. The van der Waals surface area contributed by atoms with Gasteiger partial charge in [-0.15, -0.1) is 0 Å². The molecule has 0 aromatic heterocycles. The molecule has 0 aliphatic rings. The van der Waals surface area contributed by atoms with Gasteiger partial charge < -0.3 is 4.43 Å². The van der Waals surface area contributed by atoms with Crippen LogP contribution in [-0.4, -0.2) is 8.32 Å². The first-order valence-electron chi connectivity index (χ1n) is 4.52. The first-order valence-corrected chi connectivity index (χ1v) is 7.93. The molecule has 0 spiro atoms. The van der Waals surface area contributed by atoms with Crippen LogP contribution >= 0.6 is 0 Å². The molecule has 0 fully saturated rings. The van der Waals surface area contributed by atoms with E-state index in [2.05, 4.69) is 26.2 Å². The van der Waals surface area contributed by atoms with Crippen molar-refractivity contribution in [3.05, 3.63) is 42.2 Å². The van der Waals surface area contributed by atoms with E-state index in [-0.39, 0.29) is 5.82 Å². The molecule has 76 valence electrons. The van der Waals surface area contributed by atoms with Crippen molar-refractivity contribution in [3.8, 4) is 0 Å². The predicted octanol–water partition coefficient (Wildman–Crippen LogP) is 3.65. The lowest BCUT2D eigenvalue weighted by molar-refractivity contribution is 0.516. The van der Waals surface area contributed by atoms with Crippen LogP contribution in [0.4, 0.5) is 4.39 Å². The molecular formula is C11H15FOSi. The Morgan fingerprint density at radius 1 is 1.21 bits per heavy atom. The second kappa shape index (κ2) is 3.96. The second-order valence-electron chi connectivity index (χ2n) is 4.14. The lowest BCUT2D eigenvalue weighted by atomic mass is 10.2. The average molecular weight is 210 g/mol. The Kier molecular flexibility index (Phi) is 3.11. The van der Waals surface area contributed by atoms with Gasteiger partial charge in [0.05, 0.1) is 0 Å². The van der Waals surface area contributed by atoms with Crippen LogP contribution in [-0.2, 0) is 4.43 Å². The highest BCUT2D eigenvalue weighted by molar-refractivity contribution is 6.70. The molecule has 0 N–H and O–H groups in total. The predicted molar refractivity (Wildman–Crippen MR) is 59.9 cm³/mol. The molecule has 0 atom stereocenters. The summed E-state index contributed by atoms with van der Waals surface area (Å²) in [6, 6.07) is 6.18. The maximum absolute atomic E-state index is 12.6. The van der Waals surface area contributed by atoms with E-state index in [1.165, 1.54) is 12.1 Å². The van der Waals surface area contributed by atoms with Gasteiger partial charge in [0.25, 0.3) is 0 Å². The minimum Gasteiger partial charge on any atom is -0.544 e. The molecule has 0 unspecified atom stereocenters. The fourth-order valence-corrected chi connectivity index (χ4v) is 1.92. The number of halogens is 1. The van der Waals surface area contributed by atoms with E-state index in [0.717, 1.165) is 5.56 Å². The molecule has 0 saturated carbocycles. The Morgan fingerprint density at radius 2 is 1.71 bits per heavy atom. The minimum atomic E-state index is -1.61. The molecular weight excluding hydrogens is 195 g/mol. The van der Waals surface area contributed by atoms with Gasteiger partial charge in [-0.25, -0.2) is 4.39 Å². The zero-order valence-corrected chi connectivity index (χ0v) is 9.80. The Morgan fingerprint density at radius 3 is 2.14 bits per heavy atom. The summed E-state index contributed by atoms with van der Waals surface area (Å²) in [6.45, 7) is 10.1. The summed E-state index contributed by atoms with van der Waals surface area (Å²) in [5, 5.41) is 0. The van der Waals surface area contributed by atoms with Gasteiger partial charge in [-0.2, -0.15) is 0 Å². The van der Waals surface area contributed by atoms with E-state index in [1.54, 1.807) is 12.1 Å². The highest BCUT2D eigenvalue weighted by atomic mass is 28.4. The van der Waals surface area contributed by atoms with Gasteiger partial charge in [-0.05, 0) is 43.9 Å². The van der Waals surface area contributed by atoms with Gasteiger partial charge in [-0.3, -0.25) is 0 Å². The number of hydrogen-bond donors (Lipinski definition) is 0. The van der Waals surface area contributed by atoms with Crippen LogP contribution in [0.15, 0.2) is 30.8 Å². The molecule has 1 aromatic carbocycles. The summed E-state index contributed by atoms with van der Waals surface area (Å²) in [6.07, 6.45) is 0. The molecule has 0 heterocycles. The fourth-order valence-electron chi connectivity index (χ4n) is 1.06. The molecule has 1 aromatic rings. The van der Waals surface area contributed by atoms with Crippen molar-refractivity contribution < 1.29 is 8.82 Å². The Labute approximate surface area is 85.3 Å². The Hall–Kier alpha value is -1.09. The van der Waals surface area contributed by atoms with Crippen molar-refractivity contribution in [2.75, 3.05) is 0 Å². The summed E-state index contributed by atoms with van der Waals surface area (Å²) in [7, 11) is -1.61. The normalized spacial score (nSPS) is 11.1. The van der Waals surface area contributed by atoms with Crippen molar-refractivity contribution in [3.63, 3.8) is 0 Å². The molecule has 0 radical (unpaired) electrons. The van der Waals surface area contributed by atoms with Crippen LogP contribution in [0, 0.1) is 5.82 Å². The van der Waals surface area contributed by atoms with Crippen molar-refractivity contribution in [2.45, 2.75) is 19.6 Å². The smallest absolute Gasteiger partial charge is 0.242 e. The molecule has 14 heavy (non-hydrogen) atoms. The molecule has 0 aliphatic carbocycles. The van der Waals surface area contributed by atoms with Gasteiger partial charge in [0.1, 0.15) is 11.6 Å². The monoisotopic (exact) mass is 210 g/mol. The van der Waals surface area contributed by atoms with Gasteiger partial charge in [0.2, 0.25) is 8.32 Å². The van der Waals surface area contributed by atoms with Crippen molar-refractivity contribution in [1.29, 1.82) is 0 Å². The lowest BCUT2D eigenvalue weighted by Crippen LogP contribution is -2.24. The fraction of sp³-hybridized carbons (Fsp3) is 0.273. The quantitative estimate of drug-likeness (QED) is 0.546. The summed E-state index contributed by atoms with van der Waals surface area (Å²) in [5.74, 6) is 0.388. The van der Waals surface area contributed by atoms with Crippen LogP contribution in [0.3, 0.4) is 0 Å². The van der Waals surface area contributed by atoms with Crippen LogP contribution in [0.5, 0.6) is 0 Å². The highest BCUT2D eigenvalue weighted by Gasteiger charge is 2.17. The van der Waals surface area contributed by atoms with E-state index in [0.29, 0.717) is 5.76 Å². The average Bonchev–Trinajstić information content (AvgIpc) is 2.02. The third-order valence-electron chi connectivity index (χ3n) is 1.60. The standard InChI is InChI=1S/C11H15FOSi/c1-9(13-14(2,3)4)10-5-7-11(12)8-6-10/h5-8H,1H2,2-4H3. The van der Waals surface area contributed by atoms with E-state index in [9.17, 15) is 4.39 Å². The zero-order valence-electron chi connectivity index (χ0n) is 8.80. The summed E-state index contributed by atoms with van der Waals surface area (Å²) in [5.41, 5.74) is 0.842. The molecule has 0 bridgehead atoms. The van der Waals surface area contributed by atoms with Gasteiger partial charge in [-0.1, -0.05) is 6.58 Å². The summed E-state index contributed by atoms with van der Waals surface area (Å²) in [4.78, 5) is 0. The maximum atomic E-state index is 12.6. The lowest BCUT2D eigenvalue weighted by Gasteiger charge is -2.20. The van der Waals surface area contributed by atoms with E-state index < -0.39 is 8.32 Å². The van der Waals surface area contributed by atoms with Crippen LogP contribution in [0.2, 0.25) is 19.6 Å². The first kappa shape index (κ1) is 11.0. The topological polar surface area (TPSA) is 9.23 Å². The van der Waals surface area contributed by atoms with Gasteiger partial charge in [0, 0.05) is 5.56 Å². The SMILES string of the molecule is C=C(O[Si](C)(C)C)c1ccc(F)cc1. The van der Waals surface area contributed by atoms with Gasteiger partial charge in [0.15, 0.2) is 0 Å². The van der Waals surface area contributed by atoms with Gasteiger partial charge >= 0.3 is 0 Å². The van der Waals surface area contributed by atoms with E-state index in [4.69, 9.17) is 4.43 Å². The maximum Gasteiger partial charge on any atom is 0.242 e. The van der Waals surface area contributed by atoms with Crippen LogP contribution in [0.25, 0.3) is 5.76 Å².